The Morgan fingerprint density at radius 2 is 1.67 bits per heavy atom. The Hall–Kier alpha value is -1.10. The molecule has 2 fully saturated rings. The summed E-state index contributed by atoms with van der Waals surface area (Å²) in [5, 5.41) is 0. The summed E-state index contributed by atoms with van der Waals surface area (Å²) >= 11 is 0. The molecule has 0 amide bonds. The maximum absolute atomic E-state index is 12.1. The van der Waals surface area contributed by atoms with E-state index in [4.69, 9.17) is 14.2 Å². The summed E-state index contributed by atoms with van der Waals surface area (Å²) in [6, 6.07) is 0. The molecule has 5 nitrogen and oxygen atoms in total. The fourth-order valence-corrected chi connectivity index (χ4v) is 2.92. The molecule has 0 aromatic rings. The van der Waals surface area contributed by atoms with Gasteiger partial charge in [0.25, 0.3) is 5.60 Å². The normalized spacial score (nSPS) is 28.8. The van der Waals surface area contributed by atoms with Crippen LogP contribution in [0.25, 0.3) is 0 Å². The average molecular weight is 256 g/mol. The summed E-state index contributed by atoms with van der Waals surface area (Å²) in [5.74, 6) is -1.26. The first kappa shape index (κ1) is 13.3. The van der Waals surface area contributed by atoms with Gasteiger partial charge in [-0.2, -0.15) is 0 Å². The van der Waals surface area contributed by atoms with E-state index in [9.17, 15) is 9.59 Å². The van der Waals surface area contributed by atoms with E-state index in [1.807, 2.05) is 0 Å². The van der Waals surface area contributed by atoms with Crippen molar-refractivity contribution in [1.82, 2.24) is 0 Å². The zero-order valence-corrected chi connectivity index (χ0v) is 10.9. The van der Waals surface area contributed by atoms with Gasteiger partial charge in [0.2, 0.25) is 0 Å². The van der Waals surface area contributed by atoms with Gasteiger partial charge in [-0.3, -0.25) is 0 Å². The first-order chi connectivity index (χ1) is 8.66. The van der Waals surface area contributed by atoms with Crippen LogP contribution in [0, 0.1) is 5.92 Å². The van der Waals surface area contributed by atoms with Crippen LogP contribution in [0.5, 0.6) is 0 Å². The molecule has 1 heterocycles. The van der Waals surface area contributed by atoms with Gasteiger partial charge in [0.05, 0.1) is 19.3 Å². The van der Waals surface area contributed by atoms with Gasteiger partial charge in [0.1, 0.15) is 0 Å². The minimum Gasteiger partial charge on any atom is -0.463 e. The van der Waals surface area contributed by atoms with Crippen LogP contribution in [-0.4, -0.2) is 36.9 Å². The van der Waals surface area contributed by atoms with Gasteiger partial charge >= 0.3 is 11.9 Å². The third-order valence-electron chi connectivity index (χ3n) is 3.72. The highest BCUT2D eigenvalue weighted by Gasteiger charge is 2.67. The molecule has 1 aliphatic carbocycles. The molecule has 2 atom stereocenters. The van der Waals surface area contributed by atoms with Crippen molar-refractivity contribution in [3.05, 3.63) is 0 Å². The standard InChI is InChI=1S/C13H20O5/c1-3-16-11(14)13(12(15)17-4-2)9-7-5-6-8-10(9)18-13/h9-10H,3-8H2,1-2H3/t9-,10+/m1/s1. The molecule has 0 aromatic heterocycles. The summed E-state index contributed by atoms with van der Waals surface area (Å²) in [5.41, 5.74) is -1.49. The fraction of sp³-hybridized carbons (Fsp3) is 0.846. The summed E-state index contributed by atoms with van der Waals surface area (Å²) in [7, 11) is 0. The zero-order chi connectivity index (χ0) is 13.2. The minimum atomic E-state index is -1.49. The molecule has 1 saturated carbocycles. The summed E-state index contributed by atoms with van der Waals surface area (Å²) in [6.45, 7) is 3.91. The number of fused-ring (bicyclic) bond motifs is 1. The molecule has 0 N–H and O–H groups in total. The minimum absolute atomic E-state index is 0.00700. The maximum atomic E-state index is 12.1. The van der Waals surface area contributed by atoms with Gasteiger partial charge in [0, 0.05) is 5.92 Å². The SMILES string of the molecule is CCOC(=O)C1(C(=O)OCC)O[C@H]2CCCC[C@H]21. The molecule has 1 aliphatic heterocycles. The van der Waals surface area contributed by atoms with Crippen LogP contribution in [0.3, 0.4) is 0 Å². The van der Waals surface area contributed by atoms with Crippen molar-refractivity contribution in [2.75, 3.05) is 13.2 Å². The van der Waals surface area contributed by atoms with E-state index in [2.05, 4.69) is 0 Å². The van der Waals surface area contributed by atoms with Crippen LogP contribution >= 0.6 is 0 Å². The first-order valence-corrected chi connectivity index (χ1v) is 6.69. The first-order valence-electron chi connectivity index (χ1n) is 6.69. The molecule has 0 radical (unpaired) electrons. The Kier molecular flexibility index (Phi) is 3.90. The second-order valence-corrected chi connectivity index (χ2v) is 4.72. The van der Waals surface area contributed by atoms with Crippen molar-refractivity contribution >= 4 is 11.9 Å². The molecule has 2 rings (SSSR count). The topological polar surface area (TPSA) is 61.8 Å². The lowest BCUT2D eigenvalue weighted by Gasteiger charge is -2.52. The molecule has 0 unspecified atom stereocenters. The second kappa shape index (κ2) is 5.26. The van der Waals surface area contributed by atoms with Gasteiger partial charge < -0.3 is 14.2 Å². The quantitative estimate of drug-likeness (QED) is 0.562. The van der Waals surface area contributed by atoms with E-state index < -0.39 is 17.5 Å². The molecule has 102 valence electrons. The van der Waals surface area contributed by atoms with Gasteiger partial charge in [-0.05, 0) is 26.7 Å². The average Bonchev–Trinajstić information content (AvgIpc) is 2.32. The number of hydrogen-bond acceptors (Lipinski definition) is 5. The maximum Gasteiger partial charge on any atom is 0.350 e. The Bertz CT molecular complexity index is 320. The van der Waals surface area contributed by atoms with Crippen LogP contribution in [-0.2, 0) is 23.8 Å². The molecule has 0 bridgehead atoms. The Labute approximate surface area is 107 Å². The Balaban J connectivity index is 2.18. The molecule has 1 saturated heterocycles. The molecular formula is C13H20O5. The predicted octanol–water partition coefficient (Wildman–Crippen LogP) is 1.44. The van der Waals surface area contributed by atoms with Crippen LogP contribution in [0.15, 0.2) is 0 Å². The van der Waals surface area contributed by atoms with Crippen molar-refractivity contribution in [2.24, 2.45) is 5.92 Å². The van der Waals surface area contributed by atoms with E-state index in [-0.39, 0.29) is 25.2 Å². The lowest BCUT2D eigenvalue weighted by molar-refractivity contribution is -0.274. The molecular weight excluding hydrogens is 236 g/mol. The highest BCUT2D eigenvalue weighted by Crippen LogP contribution is 2.48. The predicted molar refractivity (Wildman–Crippen MR) is 62.8 cm³/mol. The van der Waals surface area contributed by atoms with Gasteiger partial charge in [-0.25, -0.2) is 9.59 Å². The van der Waals surface area contributed by atoms with Crippen molar-refractivity contribution in [2.45, 2.75) is 51.2 Å². The summed E-state index contributed by atoms with van der Waals surface area (Å²) < 4.78 is 15.6. The van der Waals surface area contributed by atoms with E-state index in [0.29, 0.717) is 0 Å². The molecule has 18 heavy (non-hydrogen) atoms. The summed E-state index contributed by atoms with van der Waals surface area (Å²) in [4.78, 5) is 24.1. The lowest BCUT2D eigenvalue weighted by atomic mass is 9.69. The molecule has 0 spiro atoms. The smallest absolute Gasteiger partial charge is 0.350 e. The van der Waals surface area contributed by atoms with Crippen molar-refractivity contribution in [3.63, 3.8) is 0 Å². The third kappa shape index (κ3) is 1.90. The number of esters is 2. The van der Waals surface area contributed by atoms with Crippen molar-refractivity contribution < 1.29 is 23.8 Å². The molecule has 5 heteroatoms. The monoisotopic (exact) mass is 256 g/mol. The van der Waals surface area contributed by atoms with E-state index in [1.54, 1.807) is 13.8 Å². The second-order valence-electron chi connectivity index (χ2n) is 4.72. The van der Waals surface area contributed by atoms with E-state index in [1.165, 1.54) is 0 Å². The number of carbonyl (C=O) groups is 2. The van der Waals surface area contributed by atoms with Crippen LogP contribution < -0.4 is 0 Å². The molecule has 0 aromatic carbocycles. The number of ether oxygens (including phenoxy) is 3. The van der Waals surface area contributed by atoms with Crippen LogP contribution in [0.2, 0.25) is 0 Å². The van der Waals surface area contributed by atoms with Crippen molar-refractivity contribution in [3.8, 4) is 0 Å². The highest BCUT2D eigenvalue weighted by atomic mass is 16.6. The number of carbonyl (C=O) groups excluding carboxylic acids is 2. The van der Waals surface area contributed by atoms with Gasteiger partial charge in [-0.1, -0.05) is 12.8 Å². The Morgan fingerprint density at radius 3 is 2.17 bits per heavy atom. The zero-order valence-electron chi connectivity index (χ0n) is 10.9. The summed E-state index contributed by atoms with van der Waals surface area (Å²) in [6.07, 6.45) is 3.84. The van der Waals surface area contributed by atoms with Crippen LogP contribution in [0.1, 0.15) is 39.5 Å². The number of rotatable bonds is 4. The number of hydrogen-bond donors (Lipinski definition) is 0. The van der Waals surface area contributed by atoms with E-state index >= 15 is 0 Å². The van der Waals surface area contributed by atoms with Crippen LogP contribution in [0.4, 0.5) is 0 Å². The van der Waals surface area contributed by atoms with Gasteiger partial charge in [-0.15, -0.1) is 0 Å². The Morgan fingerprint density at radius 1 is 1.11 bits per heavy atom. The fourth-order valence-electron chi connectivity index (χ4n) is 2.92. The van der Waals surface area contributed by atoms with E-state index in [0.717, 1.165) is 25.7 Å². The largest absolute Gasteiger partial charge is 0.463 e. The third-order valence-corrected chi connectivity index (χ3v) is 3.72. The van der Waals surface area contributed by atoms with Crippen molar-refractivity contribution in [1.29, 1.82) is 0 Å². The highest BCUT2D eigenvalue weighted by molar-refractivity contribution is 6.05. The lowest BCUT2D eigenvalue weighted by Crippen LogP contribution is -2.70. The van der Waals surface area contributed by atoms with Gasteiger partial charge in [0.15, 0.2) is 0 Å². The molecule has 2 aliphatic rings.